The second-order valence-electron chi connectivity index (χ2n) is 3.76. The Balaban J connectivity index is 2.30. The lowest BCUT2D eigenvalue weighted by Crippen LogP contribution is -2.27. The normalized spacial score (nSPS) is 15.2. The number of hydrogen-bond acceptors (Lipinski definition) is 3. The zero-order valence-corrected chi connectivity index (χ0v) is 11.2. The maximum atomic E-state index is 5.26. The van der Waals surface area contributed by atoms with Crippen LogP contribution < -0.4 is 4.74 Å². The van der Waals surface area contributed by atoms with Crippen LogP contribution in [-0.4, -0.2) is 29.3 Å². The van der Waals surface area contributed by atoms with E-state index in [-0.39, 0.29) is 0 Å². The second-order valence-corrected chi connectivity index (χ2v) is 5.49. The number of methoxy groups -OCH3 is 1. The Morgan fingerprint density at radius 3 is 3.00 bits per heavy atom. The molecule has 1 aromatic carbocycles. The van der Waals surface area contributed by atoms with Gasteiger partial charge in [0.15, 0.2) is 0 Å². The van der Waals surface area contributed by atoms with Crippen LogP contribution in [0.25, 0.3) is 0 Å². The smallest absolute Gasteiger partial charge is 0.119 e. The van der Waals surface area contributed by atoms with E-state index in [2.05, 4.69) is 17.0 Å². The van der Waals surface area contributed by atoms with Gasteiger partial charge in [-0.05, 0) is 30.7 Å². The van der Waals surface area contributed by atoms with E-state index in [9.17, 15) is 0 Å². The Labute approximate surface area is 106 Å². The third-order valence-corrected chi connectivity index (χ3v) is 4.05. The maximum Gasteiger partial charge on any atom is 0.119 e. The summed E-state index contributed by atoms with van der Waals surface area (Å²) >= 11 is 7.14. The summed E-state index contributed by atoms with van der Waals surface area (Å²) in [5.41, 5.74) is 1.31. The average molecular weight is 253 g/mol. The fraction of sp³-hybridized carbons (Fsp3) is 0.417. The van der Waals surface area contributed by atoms with Crippen LogP contribution in [0.3, 0.4) is 0 Å². The van der Waals surface area contributed by atoms with Gasteiger partial charge in [-0.2, -0.15) is 0 Å². The van der Waals surface area contributed by atoms with Crippen molar-refractivity contribution in [3.63, 3.8) is 0 Å². The average Bonchev–Trinajstić information content (AvgIpc) is 2.49. The number of ether oxygens (including phenoxy) is 1. The first-order valence-electron chi connectivity index (χ1n) is 5.26. The van der Waals surface area contributed by atoms with Crippen LogP contribution in [0.15, 0.2) is 23.1 Å². The fourth-order valence-corrected chi connectivity index (χ4v) is 2.93. The molecular formula is C12H15NOS2. The van der Waals surface area contributed by atoms with E-state index in [1.165, 1.54) is 10.5 Å². The molecule has 2 rings (SSSR count). The van der Waals surface area contributed by atoms with Crippen molar-refractivity contribution < 1.29 is 4.74 Å². The Morgan fingerprint density at radius 2 is 2.31 bits per heavy atom. The van der Waals surface area contributed by atoms with Gasteiger partial charge in [0.2, 0.25) is 0 Å². The van der Waals surface area contributed by atoms with Crippen LogP contribution in [-0.2, 0) is 6.54 Å². The summed E-state index contributed by atoms with van der Waals surface area (Å²) in [7, 11) is 1.70. The summed E-state index contributed by atoms with van der Waals surface area (Å²) < 4.78 is 5.26. The van der Waals surface area contributed by atoms with Crippen LogP contribution in [0.4, 0.5) is 0 Å². The first-order valence-corrected chi connectivity index (χ1v) is 6.65. The number of nitrogens with zero attached hydrogens (tertiary/aromatic N) is 1. The lowest BCUT2D eigenvalue weighted by atomic mass is 10.2. The highest BCUT2D eigenvalue weighted by Gasteiger charge is 2.15. The second kappa shape index (κ2) is 5.06. The number of fused-ring (bicyclic) bond motifs is 1. The molecule has 0 amide bonds. The van der Waals surface area contributed by atoms with Crippen molar-refractivity contribution in [3.05, 3.63) is 23.8 Å². The van der Waals surface area contributed by atoms with Crippen molar-refractivity contribution in [2.45, 2.75) is 18.4 Å². The first kappa shape index (κ1) is 11.7. The van der Waals surface area contributed by atoms with Crippen LogP contribution in [0.5, 0.6) is 5.75 Å². The summed E-state index contributed by atoms with van der Waals surface area (Å²) in [5, 5.41) is 0. The molecule has 1 heterocycles. The number of hydrogen-bond donors (Lipinski definition) is 0. The highest BCUT2D eigenvalue weighted by atomic mass is 32.2. The van der Waals surface area contributed by atoms with Crippen LogP contribution in [0.2, 0.25) is 0 Å². The molecular weight excluding hydrogens is 238 g/mol. The third-order valence-electron chi connectivity index (χ3n) is 2.69. The molecule has 0 saturated heterocycles. The molecule has 0 radical (unpaired) electrons. The summed E-state index contributed by atoms with van der Waals surface area (Å²) in [6.45, 7) is 3.91. The van der Waals surface area contributed by atoms with Gasteiger partial charge in [0.1, 0.15) is 5.75 Å². The molecule has 0 atom stereocenters. The minimum atomic E-state index is 0.898. The monoisotopic (exact) mass is 253 g/mol. The number of thiocarbonyl (C=S) groups is 1. The molecule has 0 N–H and O–H groups in total. The standard InChI is InChI=1S/C12H15NOS2/c1-9(15)13-5-6-16-12-4-3-11(14-2)7-10(12)8-13/h3-4,7H,5-6,8H2,1-2H3. The van der Waals surface area contributed by atoms with Crippen molar-refractivity contribution in [2.75, 3.05) is 19.4 Å². The first-order chi connectivity index (χ1) is 7.70. The van der Waals surface area contributed by atoms with E-state index in [0.29, 0.717) is 0 Å². The van der Waals surface area contributed by atoms with E-state index in [4.69, 9.17) is 17.0 Å². The molecule has 0 spiro atoms. The van der Waals surface area contributed by atoms with Crippen LogP contribution in [0.1, 0.15) is 12.5 Å². The molecule has 1 aliphatic rings. The van der Waals surface area contributed by atoms with Crippen LogP contribution in [0, 0.1) is 0 Å². The largest absolute Gasteiger partial charge is 0.497 e. The Morgan fingerprint density at radius 1 is 1.50 bits per heavy atom. The quantitative estimate of drug-likeness (QED) is 0.713. The molecule has 0 aliphatic carbocycles. The minimum Gasteiger partial charge on any atom is -0.497 e. The zero-order valence-electron chi connectivity index (χ0n) is 9.53. The molecule has 16 heavy (non-hydrogen) atoms. The molecule has 1 aromatic rings. The molecule has 2 nitrogen and oxygen atoms in total. The number of rotatable bonds is 1. The number of benzene rings is 1. The zero-order chi connectivity index (χ0) is 11.5. The highest BCUT2D eigenvalue weighted by molar-refractivity contribution is 7.99. The summed E-state index contributed by atoms with van der Waals surface area (Å²) in [6, 6.07) is 6.27. The fourth-order valence-electron chi connectivity index (χ4n) is 1.77. The van der Waals surface area contributed by atoms with Gasteiger partial charge in [0.25, 0.3) is 0 Å². The predicted molar refractivity (Wildman–Crippen MR) is 72.4 cm³/mol. The molecule has 1 aliphatic heterocycles. The summed E-state index contributed by atoms with van der Waals surface area (Å²) in [5.74, 6) is 2.01. The minimum absolute atomic E-state index is 0.898. The van der Waals surface area contributed by atoms with E-state index < -0.39 is 0 Å². The molecule has 0 saturated carbocycles. The summed E-state index contributed by atoms with van der Waals surface area (Å²) in [6.07, 6.45) is 0. The van der Waals surface area contributed by atoms with E-state index in [1.807, 2.05) is 24.8 Å². The third kappa shape index (κ3) is 2.50. The molecule has 0 fully saturated rings. The van der Waals surface area contributed by atoms with Crippen molar-refractivity contribution in [3.8, 4) is 5.75 Å². The van der Waals surface area contributed by atoms with Gasteiger partial charge in [0, 0.05) is 23.7 Å². The Hall–Kier alpha value is -0.740. The van der Waals surface area contributed by atoms with E-state index in [1.54, 1.807) is 7.11 Å². The van der Waals surface area contributed by atoms with Gasteiger partial charge >= 0.3 is 0 Å². The lowest BCUT2D eigenvalue weighted by molar-refractivity contribution is 0.409. The SMILES string of the molecule is COc1ccc2c(c1)CN(C(C)=S)CCS2. The lowest BCUT2D eigenvalue weighted by Gasteiger charge is -2.21. The van der Waals surface area contributed by atoms with E-state index in [0.717, 1.165) is 29.6 Å². The Bertz CT molecular complexity index is 406. The molecule has 0 aromatic heterocycles. The van der Waals surface area contributed by atoms with Gasteiger partial charge in [-0.15, -0.1) is 11.8 Å². The maximum absolute atomic E-state index is 5.26. The van der Waals surface area contributed by atoms with Crippen molar-refractivity contribution in [1.29, 1.82) is 0 Å². The van der Waals surface area contributed by atoms with Gasteiger partial charge in [-0.1, -0.05) is 12.2 Å². The molecule has 0 bridgehead atoms. The van der Waals surface area contributed by atoms with E-state index >= 15 is 0 Å². The highest BCUT2D eigenvalue weighted by Crippen LogP contribution is 2.30. The van der Waals surface area contributed by atoms with Crippen LogP contribution >= 0.6 is 24.0 Å². The topological polar surface area (TPSA) is 12.5 Å². The van der Waals surface area contributed by atoms with Crippen molar-refractivity contribution in [2.24, 2.45) is 0 Å². The van der Waals surface area contributed by atoms with Crippen molar-refractivity contribution >= 4 is 29.0 Å². The van der Waals surface area contributed by atoms with Crippen molar-refractivity contribution in [1.82, 2.24) is 4.90 Å². The molecule has 86 valence electrons. The van der Waals surface area contributed by atoms with Gasteiger partial charge in [0.05, 0.1) is 12.1 Å². The van der Waals surface area contributed by atoms with Gasteiger partial charge in [-0.25, -0.2) is 0 Å². The predicted octanol–water partition coefficient (Wildman–Crippen LogP) is 2.95. The number of thioether (sulfide) groups is 1. The van der Waals surface area contributed by atoms with Gasteiger partial charge in [-0.3, -0.25) is 0 Å². The molecule has 0 unspecified atom stereocenters. The van der Waals surface area contributed by atoms with Gasteiger partial charge < -0.3 is 9.64 Å². The molecule has 4 heteroatoms. The Kier molecular flexibility index (Phi) is 3.71. The summed E-state index contributed by atoms with van der Waals surface area (Å²) in [4.78, 5) is 4.56.